The van der Waals surface area contributed by atoms with E-state index in [1.807, 2.05) is 19.1 Å². The third-order valence-electron chi connectivity index (χ3n) is 5.71. The predicted octanol–water partition coefficient (Wildman–Crippen LogP) is 5.08. The van der Waals surface area contributed by atoms with Gasteiger partial charge in [0.05, 0.1) is 16.5 Å². The van der Waals surface area contributed by atoms with Crippen LogP contribution >= 0.6 is 0 Å². The summed E-state index contributed by atoms with van der Waals surface area (Å²) in [6.45, 7) is 3.63. The topological polar surface area (TPSA) is 111 Å². The Bertz CT molecular complexity index is 1180. The van der Waals surface area contributed by atoms with Gasteiger partial charge in [0.25, 0.3) is 5.69 Å². The molecule has 8 heteroatoms. The normalized spacial score (nSPS) is 18.1. The van der Waals surface area contributed by atoms with Gasteiger partial charge in [-0.2, -0.15) is 0 Å². The van der Waals surface area contributed by atoms with E-state index in [0.29, 0.717) is 35.4 Å². The van der Waals surface area contributed by atoms with Crippen molar-refractivity contribution in [3.05, 3.63) is 92.5 Å². The van der Waals surface area contributed by atoms with Crippen molar-refractivity contribution in [1.82, 2.24) is 5.32 Å². The molecule has 32 heavy (non-hydrogen) atoms. The van der Waals surface area contributed by atoms with Gasteiger partial charge in [-0.3, -0.25) is 20.2 Å². The van der Waals surface area contributed by atoms with Crippen LogP contribution in [0.25, 0.3) is 0 Å². The number of non-ortho nitro benzene ring substituents is 1. The number of benzene rings is 2. The number of nitrogens with one attached hydrogen (secondary N) is 2. The molecule has 1 unspecified atom stereocenters. The van der Waals surface area contributed by atoms with Gasteiger partial charge in [-0.05, 0) is 43.9 Å². The lowest BCUT2D eigenvalue weighted by atomic mass is 9.78. The van der Waals surface area contributed by atoms with Crippen LogP contribution in [0.1, 0.15) is 43.2 Å². The molecule has 2 aromatic rings. The lowest BCUT2D eigenvalue weighted by molar-refractivity contribution is -0.384. The number of nitrogens with zero attached hydrogens (tertiary/aromatic N) is 1. The highest BCUT2D eigenvalue weighted by Crippen LogP contribution is 2.43. The molecule has 4 rings (SSSR count). The van der Waals surface area contributed by atoms with Crippen LogP contribution in [0.2, 0.25) is 0 Å². The molecule has 0 radical (unpaired) electrons. The van der Waals surface area contributed by atoms with E-state index in [4.69, 9.17) is 4.74 Å². The van der Waals surface area contributed by atoms with E-state index in [0.717, 1.165) is 17.7 Å². The minimum atomic E-state index is -0.707. The average molecular weight is 433 g/mol. The van der Waals surface area contributed by atoms with Gasteiger partial charge >= 0.3 is 6.09 Å². The van der Waals surface area contributed by atoms with E-state index in [2.05, 4.69) is 10.6 Å². The Morgan fingerprint density at radius 2 is 1.94 bits per heavy atom. The molecule has 2 aliphatic rings. The van der Waals surface area contributed by atoms with Gasteiger partial charge in [0, 0.05) is 35.5 Å². The molecule has 1 amide bonds. The summed E-state index contributed by atoms with van der Waals surface area (Å²) in [4.78, 5) is 36.5. The summed E-state index contributed by atoms with van der Waals surface area (Å²) >= 11 is 0. The Morgan fingerprint density at radius 1 is 1.16 bits per heavy atom. The number of carbonyl (C=O) groups excluding carboxylic acids is 2. The van der Waals surface area contributed by atoms with Crippen molar-refractivity contribution in [2.75, 3.05) is 5.32 Å². The molecule has 2 N–H and O–H groups in total. The number of aryl methyl sites for hydroxylation is 1. The summed E-state index contributed by atoms with van der Waals surface area (Å²) in [5.41, 5.74) is 3.80. The van der Waals surface area contributed by atoms with Gasteiger partial charge in [0.15, 0.2) is 5.78 Å². The fourth-order valence-electron chi connectivity index (χ4n) is 4.18. The molecule has 0 fully saturated rings. The minimum absolute atomic E-state index is 0.0526. The SMILES string of the molecule is CC1=C(OC(=O)Nc2ccccc2C)C(c2cccc([N+](=O)[O-])c2)C2=C(CCCC2=O)N1. The Hall–Kier alpha value is -3.94. The number of hydrogen-bond donors (Lipinski definition) is 2. The van der Waals surface area contributed by atoms with Crippen LogP contribution in [-0.4, -0.2) is 16.8 Å². The first-order valence-corrected chi connectivity index (χ1v) is 10.4. The quantitative estimate of drug-likeness (QED) is 0.514. The van der Waals surface area contributed by atoms with E-state index < -0.39 is 16.9 Å². The van der Waals surface area contributed by atoms with Gasteiger partial charge in [0.2, 0.25) is 0 Å². The number of rotatable bonds is 4. The number of amides is 1. The number of ketones is 1. The van der Waals surface area contributed by atoms with Gasteiger partial charge in [0.1, 0.15) is 5.76 Å². The largest absolute Gasteiger partial charge is 0.416 e. The average Bonchev–Trinajstić information content (AvgIpc) is 2.76. The second kappa shape index (κ2) is 8.66. The van der Waals surface area contributed by atoms with E-state index in [1.54, 1.807) is 31.2 Å². The molecule has 0 saturated carbocycles. The molecule has 8 nitrogen and oxygen atoms in total. The summed E-state index contributed by atoms with van der Waals surface area (Å²) < 4.78 is 5.74. The standard InChI is InChI=1S/C24H23N3O5/c1-14-7-3-4-10-18(14)26-24(29)32-23-15(2)25-19-11-6-12-20(28)22(19)21(23)16-8-5-9-17(13-16)27(30)31/h3-5,7-10,13,21,25H,6,11-12H2,1-2H3,(H,26,29). The van der Waals surface area contributed by atoms with Crippen LogP contribution < -0.4 is 10.6 Å². The Balaban J connectivity index is 1.73. The van der Waals surface area contributed by atoms with E-state index in [1.165, 1.54) is 12.1 Å². The van der Waals surface area contributed by atoms with E-state index in [9.17, 15) is 19.7 Å². The highest BCUT2D eigenvalue weighted by atomic mass is 16.6. The molecule has 0 aromatic heterocycles. The number of hydrogen-bond acceptors (Lipinski definition) is 6. The second-order valence-electron chi connectivity index (χ2n) is 7.90. The summed E-state index contributed by atoms with van der Waals surface area (Å²) in [7, 11) is 0. The summed E-state index contributed by atoms with van der Waals surface area (Å²) in [5.74, 6) is -0.504. The number of nitro groups is 1. The van der Waals surface area contributed by atoms with Crippen LogP contribution in [0, 0.1) is 17.0 Å². The number of allylic oxidation sites excluding steroid dienone is 3. The maximum Gasteiger partial charge on any atom is 0.416 e. The smallest absolute Gasteiger partial charge is 0.412 e. The molecule has 0 spiro atoms. The second-order valence-corrected chi connectivity index (χ2v) is 7.90. The molecular weight excluding hydrogens is 410 g/mol. The summed E-state index contributed by atoms with van der Waals surface area (Å²) in [6, 6.07) is 13.4. The predicted molar refractivity (Wildman–Crippen MR) is 119 cm³/mol. The molecule has 1 aliphatic carbocycles. The van der Waals surface area contributed by atoms with Crippen LogP contribution in [0.5, 0.6) is 0 Å². The molecule has 1 atom stereocenters. The van der Waals surface area contributed by atoms with Crippen molar-refractivity contribution >= 4 is 23.3 Å². The Morgan fingerprint density at radius 3 is 2.69 bits per heavy atom. The van der Waals surface area contributed by atoms with Crippen LogP contribution in [0.3, 0.4) is 0 Å². The van der Waals surface area contributed by atoms with Crippen molar-refractivity contribution in [1.29, 1.82) is 0 Å². The maximum atomic E-state index is 12.9. The lowest BCUT2D eigenvalue weighted by Crippen LogP contribution is -2.33. The zero-order valence-electron chi connectivity index (χ0n) is 17.8. The zero-order chi connectivity index (χ0) is 22.8. The van der Waals surface area contributed by atoms with Gasteiger partial charge in [-0.25, -0.2) is 4.79 Å². The number of nitro benzene ring substituents is 1. The number of carbonyl (C=O) groups is 2. The molecule has 0 saturated heterocycles. The first kappa shape index (κ1) is 21.3. The molecule has 0 bridgehead atoms. The van der Waals surface area contributed by atoms with Gasteiger partial charge < -0.3 is 10.1 Å². The lowest BCUT2D eigenvalue weighted by Gasteiger charge is -2.34. The van der Waals surface area contributed by atoms with Crippen molar-refractivity contribution < 1.29 is 19.2 Å². The molecule has 2 aromatic carbocycles. The van der Waals surface area contributed by atoms with Gasteiger partial charge in [-0.1, -0.05) is 30.3 Å². The van der Waals surface area contributed by atoms with Crippen molar-refractivity contribution in [3.63, 3.8) is 0 Å². The van der Waals surface area contributed by atoms with E-state index >= 15 is 0 Å². The van der Waals surface area contributed by atoms with Gasteiger partial charge in [-0.15, -0.1) is 0 Å². The van der Waals surface area contributed by atoms with Crippen LogP contribution in [0.15, 0.2) is 71.3 Å². The molecule has 1 aliphatic heterocycles. The van der Waals surface area contributed by atoms with Crippen molar-refractivity contribution in [3.8, 4) is 0 Å². The number of Topliss-reactive ketones (excluding diaryl/α,β-unsaturated/α-hetero) is 1. The number of para-hydroxylation sites is 1. The fraction of sp³-hybridized carbons (Fsp3) is 0.250. The zero-order valence-corrected chi connectivity index (χ0v) is 17.8. The summed E-state index contributed by atoms with van der Waals surface area (Å²) in [6.07, 6.45) is 1.10. The highest BCUT2D eigenvalue weighted by molar-refractivity contribution is 5.99. The third kappa shape index (κ3) is 4.12. The Labute approximate surface area is 185 Å². The molecule has 164 valence electrons. The fourth-order valence-corrected chi connectivity index (χ4v) is 4.18. The minimum Gasteiger partial charge on any atom is -0.412 e. The van der Waals surface area contributed by atoms with Crippen molar-refractivity contribution in [2.24, 2.45) is 0 Å². The Kier molecular flexibility index (Phi) is 5.77. The first-order valence-electron chi connectivity index (χ1n) is 10.4. The van der Waals surface area contributed by atoms with E-state index in [-0.39, 0.29) is 17.2 Å². The van der Waals surface area contributed by atoms with Crippen molar-refractivity contribution in [2.45, 2.75) is 39.0 Å². The maximum absolute atomic E-state index is 12.9. The monoisotopic (exact) mass is 433 g/mol. The summed E-state index contributed by atoms with van der Waals surface area (Å²) in [5, 5.41) is 17.3. The third-order valence-corrected chi connectivity index (χ3v) is 5.71. The molecular formula is C24H23N3O5. The highest BCUT2D eigenvalue weighted by Gasteiger charge is 2.38. The van der Waals surface area contributed by atoms with Crippen LogP contribution in [-0.2, 0) is 9.53 Å². The first-order chi connectivity index (χ1) is 15.3. The number of ether oxygens (including phenoxy) is 1. The number of dihydropyridines is 1. The number of anilines is 1. The molecule has 1 heterocycles. The van der Waals surface area contributed by atoms with Crippen LogP contribution in [0.4, 0.5) is 16.2 Å².